The number of hydrogen-bond acceptors (Lipinski definition) is 2. The molecule has 0 aliphatic rings. The highest BCUT2D eigenvalue weighted by Gasteiger charge is 2.21. The lowest BCUT2D eigenvalue weighted by molar-refractivity contribution is 0.0909. The molecule has 4 nitrogen and oxygen atoms in total. The Labute approximate surface area is 138 Å². The van der Waals surface area contributed by atoms with E-state index in [1.54, 1.807) is 7.11 Å². The molecule has 2 aromatic rings. The maximum absolute atomic E-state index is 12.7. The number of aromatic nitrogens is 1. The molecule has 0 unspecified atom stereocenters. The van der Waals surface area contributed by atoms with Crippen molar-refractivity contribution in [3.8, 4) is 5.75 Å². The fraction of sp³-hybridized carbons (Fsp3) is 0.421. The van der Waals surface area contributed by atoms with Gasteiger partial charge in [-0.3, -0.25) is 4.79 Å². The van der Waals surface area contributed by atoms with Gasteiger partial charge in [0.15, 0.2) is 0 Å². The number of rotatable bonds is 4. The van der Waals surface area contributed by atoms with E-state index in [1.165, 1.54) is 0 Å². The minimum absolute atomic E-state index is 0.0361. The van der Waals surface area contributed by atoms with Crippen LogP contribution >= 0.6 is 0 Å². The number of carbonyl (C=O) groups excluding carboxylic acids is 1. The van der Waals surface area contributed by atoms with Crippen molar-refractivity contribution >= 4 is 5.91 Å². The number of nitrogens with zero attached hydrogens (tertiary/aromatic N) is 1. The zero-order valence-corrected chi connectivity index (χ0v) is 14.9. The van der Waals surface area contributed by atoms with Crippen LogP contribution in [0.5, 0.6) is 5.75 Å². The van der Waals surface area contributed by atoms with E-state index in [0.29, 0.717) is 6.54 Å². The van der Waals surface area contributed by atoms with E-state index < -0.39 is 0 Å². The average molecular weight is 314 g/mol. The van der Waals surface area contributed by atoms with Gasteiger partial charge in [-0.15, -0.1) is 0 Å². The second-order valence-corrected chi connectivity index (χ2v) is 6.96. The van der Waals surface area contributed by atoms with Gasteiger partial charge in [0.1, 0.15) is 11.4 Å². The smallest absolute Gasteiger partial charge is 0.268 e. The Morgan fingerprint density at radius 3 is 2.52 bits per heavy atom. The van der Waals surface area contributed by atoms with Crippen LogP contribution in [0.2, 0.25) is 0 Å². The fourth-order valence-corrected chi connectivity index (χ4v) is 2.71. The molecule has 0 atom stereocenters. The van der Waals surface area contributed by atoms with Crippen LogP contribution in [-0.2, 0) is 6.54 Å². The minimum atomic E-state index is -0.261. The van der Waals surface area contributed by atoms with E-state index >= 15 is 0 Å². The van der Waals surface area contributed by atoms with Crippen molar-refractivity contribution in [2.24, 2.45) is 0 Å². The average Bonchev–Trinajstić information content (AvgIpc) is 2.71. The molecule has 0 bridgehead atoms. The van der Waals surface area contributed by atoms with E-state index in [-0.39, 0.29) is 11.4 Å². The van der Waals surface area contributed by atoms with Crippen LogP contribution in [0.15, 0.2) is 30.3 Å². The highest BCUT2D eigenvalue weighted by Crippen LogP contribution is 2.20. The summed E-state index contributed by atoms with van der Waals surface area (Å²) in [6.45, 7) is 10.6. The van der Waals surface area contributed by atoms with E-state index in [0.717, 1.165) is 28.3 Å². The maximum atomic E-state index is 12.7. The molecule has 0 radical (unpaired) electrons. The van der Waals surface area contributed by atoms with Crippen LogP contribution in [0.4, 0.5) is 0 Å². The summed E-state index contributed by atoms with van der Waals surface area (Å²) in [5.41, 5.74) is 3.63. The summed E-state index contributed by atoms with van der Waals surface area (Å²) in [7, 11) is 1.66. The third-order valence-electron chi connectivity index (χ3n) is 3.67. The maximum Gasteiger partial charge on any atom is 0.268 e. The molecule has 124 valence electrons. The van der Waals surface area contributed by atoms with Gasteiger partial charge >= 0.3 is 0 Å². The summed E-state index contributed by atoms with van der Waals surface area (Å²) in [5, 5.41) is 3.05. The summed E-state index contributed by atoms with van der Waals surface area (Å²) in [6, 6.07) is 9.99. The molecule has 0 spiro atoms. The lowest BCUT2D eigenvalue weighted by atomic mass is 10.1. The quantitative estimate of drug-likeness (QED) is 0.935. The number of amides is 1. The topological polar surface area (TPSA) is 43.3 Å². The molecular formula is C19H26N2O2. The zero-order chi connectivity index (χ0) is 17.2. The van der Waals surface area contributed by atoms with Gasteiger partial charge in [0.2, 0.25) is 0 Å². The third-order valence-corrected chi connectivity index (χ3v) is 3.67. The van der Waals surface area contributed by atoms with E-state index in [1.807, 2.05) is 58.9 Å². The second-order valence-electron chi connectivity index (χ2n) is 6.96. The summed E-state index contributed by atoms with van der Waals surface area (Å²) < 4.78 is 7.34. The number of aryl methyl sites for hydroxylation is 2. The molecule has 1 amide bonds. The van der Waals surface area contributed by atoms with Crippen molar-refractivity contribution < 1.29 is 9.53 Å². The van der Waals surface area contributed by atoms with Gasteiger partial charge in [0, 0.05) is 17.8 Å². The molecule has 0 aliphatic carbocycles. The molecule has 1 N–H and O–H groups in total. The molecule has 23 heavy (non-hydrogen) atoms. The van der Waals surface area contributed by atoms with Crippen LogP contribution in [-0.4, -0.2) is 23.1 Å². The monoisotopic (exact) mass is 314 g/mol. The molecule has 0 fully saturated rings. The Kier molecular flexibility index (Phi) is 4.83. The third kappa shape index (κ3) is 4.15. The normalized spacial score (nSPS) is 11.4. The van der Waals surface area contributed by atoms with Crippen molar-refractivity contribution in [3.05, 3.63) is 52.8 Å². The number of carbonyl (C=O) groups is 1. The number of methoxy groups -OCH3 is 1. The molecule has 0 saturated carbocycles. The van der Waals surface area contributed by atoms with Crippen molar-refractivity contribution in [1.29, 1.82) is 0 Å². The van der Waals surface area contributed by atoms with Gasteiger partial charge in [-0.2, -0.15) is 0 Å². The van der Waals surface area contributed by atoms with E-state index in [4.69, 9.17) is 4.74 Å². The van der Waals surface area contributed by atoms with Crippen molar-refractivity contribution in [2.75, 3.05) is 7.11 Å². The number of benzene rings is 1. The summed E-state index contributed by atoms with van der Waals surface area (Å²) >= 11 is 0. The number of hydrogen-bond donors (Lipinski definition) is 1. The van der Waals surface area contributed by atoms with Gasteiger partial charge < -0.3 is 14.6 Å². The van der Waals surface area contributed by atoms with Crippen molar-refractivity contribution in [1.82, 2.24) is 9.88 Å². The molecule has 0 saturated heterocycles. The largest absolute Gasteiger partial charge is 0.497 e. The Morgan fingerprint density at radius 1 is 1.22 bits per heavy atom. The van der Waals surface area contributed by atoms with Crippen LogP contribution in [0.1, 0.15) is 48.1 Å². The molecule has 2 rings (SSSR count). The lowest BCUT2D eigenvalue weighted by Crippen LogP contribution is -2.41. The Bertz CT molecular complexity index is 709. The molecular weight excluding hydrogens is 288 g/mol. The standard InChI is InChI=1S/C19H26N2O2/c1-13-10-14(2)21(17(13)18(22)20-19(3,4)5)12-15-8-7-9-16(11-15)23-6/h7-11H,12H2,1-6H3,(H,20,22). The predicted molar refractivity (Wildman–Crippen MR) is 93.2 cm³/mol. The highest BCUT2D eigenvalue weighted by atomic mass is 16.5. The Balaban J connectivity index is 2.37. The van der Waals surface area contributed by atoms with Crippen molar-refractivity contribution in [3.63, 3.8) is 0 Å². The van der Waals surface area contributed by atoms with Crippen molar-refractivity contribution in [2.45, 2.75) is 46.7 Å². The predicted octanol–water partition coefficient (Wildman–Crippen LogP) is 3.69. The second kappa shape index (κ2) is 6.49. The molecule has 1 heterocycles. The van der Waals surface area contributed by atoms with Gasteiger partial charge in [-0.05, 0) is 63.9 Å². The van der Waals surface area contributed by atoms with Gasteiger partial charge in [0.05, 0.1) is 7.11 Å². The number of nitrogens with one attached hydrogen (secondary N) is 1. The highest BCUT2D eigenvalue weighted by molar-refractivity contribution is 5.94. The van der Waals surface area contributed by atoms with E-state index in [9.17, 15) is 4.79 Å². The first kappa shape index (κ1) is 17.1. The summed E-state index contributed by atoms with van der Waals surface area (Å²) in [6.07, 6.45) is 0. The SMILES string of the molecule is COc1cccc(Cn2c(C)cc(C)c2C(=O)NC(C)(C)C)c1. The van der Waals surface area contributed by atoms with Gasteiger partial charge in [0.25, 0.3) is 5.91 Å². The first-order valence-corrected chi connectivity index (χ1v) is 7.83. The summed E-state index contributed by atoms with van der Waals surface area (Å²) in [5.74, 6) is 0.788. The van der Waals surface area contributed by atoms with E-state index in [2.05, 4.69) is 16.0 Å². The lowest BCUT2D eigenvalue weighted by Gasteiger charge is -2.22. The van der Waals surface area contributed by atoms with Crippen LogP contribution in [0, 0.1) is 13.8 Å². The molecule has 1 aromatic heterocycles. The first-order valence-electron chi connectivity index (χ1n) is 7.83. The summed E-state index contributed by atoms with van der Waals surface area (Å²) in [4.78, 5) is 12.7. The van der Waals surface area contributed by atoms with Crippen LogP contribution in [0.25, 0.3) is 0 Å². The van der Waals surface area contributed by atoms with Gasteiger partial charge in [-0.1, -0.05) is 12.1 Å². The van der Waals surface area contributed by atoms with Crippen LogP contribution < -0.4 is 10.1 Å². The van der Waals surface area contributed by atoms with Gasteiger partial charge in [-0.25, -0.2) is 0 Å². The Morgan fingerprint density at radius 2 is 1.91 bits per heavy atom. The van der Waals surface area contributed by atoms with Crippen LogP contribution in [0.3, 0.4) is 0 Å². The molecule has 1 aromatic carbocycles. The zero-order valence-electron chi connectivity index (χ0n) is 14.9. The Hall–Kier alpha value is -2.23. The first-order chi connectivity index (χ1) is 10.7. The molecule has 0 aliphatic heterocycles. The number of ether oxygens (including phenoxy) is 1. The fourth-order valence-electron chi connectivity index (χ4n) is 2.71. The minimum Gasteiger partial charge on any atom is -0.497 e. The molecule has 4 heteroatoms.